The van der Waals surface area contributed by atoms with Crippen molar-refractivity contribution in [3.63, 3.8) is 0 Å². The number of nitrogen functional groups attached to an aromatic ring is 1. The van der Waals surface area contributed by atoms with Crippen molar-refractivity contribution in [1.82, 2.24) is 9.47 Å². The van der Waals surface area contributed by atoms with Gasteiger partial charge < -0.3 is 20.5 Å². The van der Waals surface area contributed by atoms with E-state index in [0.29, 0.717) is 12.1 Å². The van der Waals surface area contributed by atoms with Crippen LogP contribution in [-0.2, 0) is 17.8 Å². The lowest BCUT2D eigenvalue weighted by Crippen LogP contribution is -2.18. The Morgan fingerprint density at radius 2 is 1.78 bits per heavy atom. The highest BCUT2D eigenvalue weighted by Gasteiger charge is 2.07. The largest absolute Gasteiger partial charge is 0.399 e. The summed E-state index contributed by atoms with van der Waals surface area (Å²) < 4.78 is 2.21. The predicted octanol–water partition coefficient (Wildman–Crippen LogP) is 3.81. The van der Waals surface area contributed by atoms with E-state index in [2.05, 4.69) is 41.1 Å². The van der Waals surface area contributed by atoms with E-state index in [1.807, 2.05) is 42.5 Å². The van der Waals surface area contributed by atoms with Crippen molar-refractivity contribution in [3.05, 3.63) is 60.3 Å². The molecule has 0 saturated heterocycles. The van der Waals surface area contributed by atoms with E-state index in [0.717, 1.165) is 29.9 Å². The number of likely N-dealkylation sites (N-methyl/N-ethyl adjacent to an activating group) is 1. The number of fused-ring (bicyclic) bond motifs is 1. The standard InChI is InChI=1S/C20H24N4O.2ClH/c1-23(2)11-12-24-10-9-16-5-8-18(14-19(16)24)22-20(25)13-15-3-6-17(21)7-4-15;;/h3-10,14H,11-13,21H2,1-2H3,(H,22,25);2*1H. The number of rotatable bonds is 6. The quantitative estimate of drug-likeness (QED) is 0.609. The number of aromatic nitrogens is 1. The molecule has 0 saturated carbocycles. The third-order valence-corrected chi connectivity index (χ3v) is 4.19. The Bertz CT molecular complexity index is 875. The van der Waals surface area contributed by atoms with E-state index in [1.54, 1.807) is 0 Å². The molecule has 1 amide bonds. The van der Waals surface area contributed by atoms with Gasteiger partial charge in [-0.1, -0.05) is 18.2 Å². The molecule has 0 fully saturated rings. The molecule has 1 heterocycles. The third kappa shape index (κ3) is 6.17. The zero-order valence-corrected chi connectivity index (χ0v) is 17.1. The summed E-state index contributed by atoms with van der Waals surface area (Å²) in [5, 5.41) is 4.16. The Morgan fingerprint density at radius 1 is 1.07 bits per heavy atom. The van der Waals surface area contributed by atoms with Crippen LogP contribution >= 0.6 is 24.8 Å². The second kappa shape index (κ2) is 10.2. The number of carbonyl (C=O) groups excluding carboxylic acids is 1. The number of carbonyl (C=O) groups is 1. The fourth-order valence-corrected chi connectivity index (χ4v) is 2.79. The first-order valence-electron chi connectivity index (χ1n) is 8.39. The van der Waals surface area contributed by atoms with Crippen LogP contribution in [0.25, 0.3) is 10.9 Å². The van der Waals surface area contributed by atoms with Crippen molar-refractivity contribution in [2.75, 3.05) is 31.7 Å². The van der Waals surface area contributed by atoms with Gasteiger partial charge in [-0.25, -0.2) is 0 Å². The summed E-state index contributed by atoms with van der Waals surface area (Å²) in [6, 6.07) is 15.5. The molecule has 0 atom stereocenters. The lowest BCUT2D eigenvalue weighted by atomic mass is 10.1. The Morgan fingerprint density at radius 3 is 2.44 bits per heavy atom. The fraction of sp³-hybridized carbons (Fsp3) is 0.250. The lowest BCUT2D eigenvalue weighted by molar-refractivity contribution is -0.115. The number of nitrogens with two attached hydrogens (primary N) is 1. The summed E-state index contributed by atoms with van der Waals surface area (Å²) in [5.41, 5.74) is 9.27. The number of nitrogens with one attached hydrogen (secondary N) is 1. The van der Waals surface area contributed by atoms with Crippen molar-refractivity contribution in [1.29, 1.82) is 0 Å². The molecule has 0 aliphatic heterocycles. The summed E-state index contributed by atoms with van der Waals surface area (Å²) in [7, 11) is 4.13. The van der Waals surface area contributed by atoms with Crippen LogP contribution in [0.3, 0.4) is 0 Å². The van der Waals surface area contributed by atoms with Gasteiger partial charge in [-0.3, -0.25) is 4.79 Å². The molecule has 5 nitrogen and oxygen atoms in total. The second-order valence-electron chi connectivity index (χ2n) is 6.55. The Hall–Kier alpha value is -2.21. The van der Waals surface area contributed by atoms with Gasteiger partial charge in [0.15, 0.2) is 0 Å². The predicted molar refractivity (Wildman–Crippen MR) is 118 cm³/mol. The molecule has 3 N–H and O–H groups in total. The normalized spacial score (nSPS) is 10.3. The summed E-state index contributed by atoms with van der Waals surface area (Å²) in [5.74, 6) is -0.0319. The van der Waals surface area contributed by atoms with Crippen molar-refractivity contribution >= 4 is 53.0 Å². The maximum absolute atomic E-state index is 12.3. The first-order chi connectivity index (χ1) is 12.0. The van der Waals surface area contributed by atoms with E-state index < -0.39 is 0 Å². The van der Waals surface area contributed by atoms with Crippen molar-refractivity contribution in [2.45, 2.75) is 13.0 Å². The average molecular weight is 409 g/mol. The minimum atomic E-state index is -0.0319. The molecule has 0 radical (unpaired) electrons. The molecule has 0 spiro atoms. The van der Waals surface area contributed by atoms with Gasteiger partial charge in [0.1, 0.15) is 0 Å². The molecule has 0 unspecified atom stereocenters. The van der Waals surface area contributed by atoms with Crippen LogP contribution in [-0.4, -0.2) is 36.0 Å². The maximum Gasteiger partial charge on any atom is 0.228 e. The zero-order valence-electron chi connectivity index (χ0n) is 15.5. The van der Waals surface area contributed by atoms with Crippen LogP contribution in [0.5, 0.6) is 0 Å². The second-order valence-corrected chi connectivity index (χ2v) is 6.55. The molecule has 7 heteroatoms. The van der Waals surface area contributed by atoms with Crippen LogP contribution in [0.2, 0.25) is 0 Å². The Kier molecular flexibility index (Phi) is 8.63. The number of anilines is 2. The minimum absolute atomic E-state index is 0. The van der Waals surface area contributed by atoms with Crippen LogP contribution in [0, 0.1) is 0 Å². The van der Waals surface area contributed by atoms with Crippen LogP contribution < -0.4 is 11.1 Å². The minimum Gasteiger partial charge on any atom is -0.399 e. The van der Waals surface area contributed by atoms with Gasteiger partial charge in [0.25, 0.3) is 0 Å². The fourth-order valence-electron chi connectivity index (χ4n) is 2.79. The molecule has 0 aliphatic carbocycles. The van der Waals surface area contributed by atoms with E-state index in [4.69, 9.17) is 5.73 Å². The first kappa shape index (κ1) is 22.8. The van der Waals surface area contributed by atoms with E-state index in [-0.39, 0.29) is 30.7 Å². The highest BCUT2D eigenvalue weighted by Crippen LogP contribution is 2.21. The SMILES string of the molecule is CN(C)CCn1ccc2ccc(NC(=O)Cc3ccc(N)cc3)cc21.Cl.Cl. The highest BCUT2D eigenvalue weighted by molar-refractivity contribution is 5.95. The smallest absolute Gasteiger partial charge is 0.228 e. The number of halogens is 2. The van der Waals surface area contributed by atoms with E-state index >= 15 is 0 Å². The molecule has 27 heavy (non-hydrogen) atoms. The zero-order chi connectivity index (χ0) is 17.8. The van der Waals surface area contributed by atoms with Crippen LogP contribution in [0.15, 0.2) is 54.7 Å². The molecule has 3 aromatic rings. The molecular weight excluding hydrogens is 383 g/mol. The number of nitrogens with zero attached hydrogens (tertiary/aromatic N) is 2. The molecule has 0 bridgehead atoms. The van der Waals surface area contributed by atoms with Gasteiger partial charge in [0.2, 0.25) is 5.91 Å². The number of hydrogen-bond donors (Lipinski definition) is 2. The summed E-state index contributed by atoms with van der Waals surface area (Å²) >= 11 is 0. The number of hydrogen-bond acceptors (Lipinski definition) is 3. The summed E-state index contributed by atoms with van der Waals surface area (Å²) in [6.07, 6.45) is 2.42. The molecular formula is C20H26Cl2N4O. The van der Waals surface area contributed by atoms with Gasteiger partial charge >= 0.3 is 0 Å². The van der Waals surface area contributed by atoms with Gasteiger partial charge in [0.05, 0.1) is 11.9 Å². The van der Waals surface area contributed by atoms with Crippen LogP contribution in [0.1, 0.15) is 5.56 Å². The van der Waals surface area contributed by atoms with E-state index in [1.165, 1.54) is 5.39 Å². The topological polar surface area (TPSA) is 63.3 Å². The Balaban J connectivity index is 0.00000182. The van der Waals surface area contributed by atoms with Gasteiger partial charge in [-0.2, -0.15) is 0 Å². The first-order valence-corrected chi connectivity index (χ1v) is 8.39. The highest BCUT2D eigenvalue weighted by atomic mass is 35.5. The molecule has 2 aromatic carbocycles. The molecule has 146 valence electrons. The lowest BCUT2D eigenvalue weighted by Gasteiger charge is -2.12. The van der Waals surface area contributed by atoms with Gasteiger partial charge in [-0.15, -0.1) is 24.8 Å². The van der Waals surface area contributed by atoms with E-state index in [9.17, 15) is 4.79 Å². The average Bonchev–Trinajstić information content (AvgIpc) is 2.97. The maximum atomic E-state index is 12.3. The summed E-state index contributed by atoms with van der Waals surface area (Å²) in [4.78, 5) is 14.4. The number of benzene rings is 2. The van der Waals surface area contributed by atoms with Crippen LogP contribution in [0.4, 0.5) is 11.4 Å². The number of amides is 1. The van der Waals surface area contributed by atoms with Crippen molar-refractivity contribution in [3.8, 4) is 0 Å². The van der Waals surface area contributed by atoms with Crippen molar-refractivity contribution < 1.29 is 4.79 Å². The van der Waals surface area contributed by atoms with Gasteiger partial charge in [-0.05, 0) is 55.4 Å². The molecule has 0 aliphatic rings. The third-order valence-electron chi connectivity index (χ3n) is 4.19. The molecule has 3 rings (SSSR count). The molecule has 1 aromatic heterocycles. The Labute approximate surface area is 172 Å². The summed E-state index contributed by atoms with van der Waals surface area (Å²) in [6.45, 7) is 1.89. The van der Waals surface area contributed by atoms with Crippen molar-refractivity contribution in [2.24, 2.45) is 0 Å². The monoisotopic (exact) mass is 408 g/mol. The van der Waals surface area contributed by atoms with Gasteiger partial charge in [0, 0.05) is 30.7 Å².